The van der Waals surface area contributed by atoms with Crippen molar-refractivity contribution < 1.29 is 9.53 Å². The van der Waals surface area contributed by atoms with E-state index in [9.17, 15) is 4.79 Å². The summed E-state index contributed by atoms with van der Waals surface area (Å²) in [4.78, 5) is 12.5. The van der Waals surface area contributed by atoms with Gasteiger partial charge < -0.3 is 10.1 Å². The zero-order chi connectivity index (χ0) is 15.0. The van der Waals surface area contributed by atoms with Crippen molar-refractivity contribution in [2.24, 2.45) is 0 Å². The minimum Gasteiger partial charge on any atom is -0.497 e. The smallest absolute Gasteiger partial charge is 0.235 e. The number of carbonyl (C=O) groups excluding carboxylic acids is 1. The Labute approximate surface area is 128 Å². The Morgan fingerprint density at radius 3 is 2.71 bits per heavy atom. The van der Waals surface area contributed by atoms with E-state index in [0.717, 1.165) is 22.6 Å². The van der Waals surface area contributed by atoms with Crippen LogP contribution in [0.25, 0.3) is 0 Å². The van der Waals surface area contributed by atoms with Gasteiger partial charge in [0, 0.05) is 10.7 Å². The molecule has 1 N–H and O–H groups in total. The van der Waals surface area contributed by atoms with Gasteiger partial charge >= 0.3 is 0 Å². The molecule has 1 aliphatic heterocycles. The minimum absolute atomic E-state index is 0.00864. The first-order valence-electron chi connectivity index (χ1n) is 6.78. The minimum atomic E-state index is -0.644. The van der Waals surface area contributed by atoms with Crippen molar-refractivity contribution in [2.45, 2.75) is 18.8 Å². The summed E-state index contributed by atoms with van der Waals surface area (Å²) in [5.74, 6) is 0.737. The van der Waals surface area contributed by atoms with Gasteiger partial charge in [-0.1, -0.05) is 29.8 Å². The number of fused-ring (bicyclic) bond motifs is 1. The molecule has 1 heterocycles. The zero-order valence-electron chi connectivity index (χ0n) is 11.9. The fourth-order valence-corrected chi connectivity index (χ4v) is 3.00. The van der Waals surface area contributed by atoms with Crippen LogP contribution in [0.3, 0.4) is 0 Å². The molecular weight excluding hydrogens is 286 g/mol. The number of rotatable bonds is 3. The van der Waals surface area contributed by atoms with Crippen molar-refractivity contribution >= 4 is 23.2 Å². The maximum atomic E-state index is 12.5. The van der Waals surface area contributed by atoms with Crippen LogP contribution in [0.15, 0.2) is 42.5 Å². The summed E-state index contributed by atoms with van der Waals surface area (Å²) < 4.78 is 5.28. The van der Waals surface area contributed by atoms with Crippen LogP contribution in [0, 0.1) is 0 Å². The number of hydrogen-bond donors (Lipinski definition) is 1. The molecule has 0 saturated carbocycles. The lowest BCUT2D eigenvalue weighted by Gasteiger charge is -2.23. The average Bonchev–Trinajstić information content (AvgIpc) is 2.73. The van der Waals surface area contributed by atoms with Crippen molar-refractivity contribution in [3.05, 3.63) is 58.6 Å². The second kappa shape index (κ2) is 5.08. The molecule has 4 heteroatoms. The fourth-order valence-electron chi connectivity index (χ4n) is 2.80. The third kappa shape index (κ3) is 2.28. The van der Waals surface area contributed by atoms with Crippen LogP contribution in [0.1, 0.15) is 18.1 Å². The van der Waals surface area contributed by atoms with Gasteiger partial charge in [-0.15, -0.1) is 0 Å². The van der Waals surface area contributed by atoms with Crippen molar-refractivity contribution in [3.8, 4) is 5.75 Å². The molecule has 1 atom stereocenters. The molecular formula is C17H16ClNO2. The molecule has 0 bridgehead atoms. The molecule has 3 rings (SSSR count). The van der Waals surface area contributed by atoms with Crippen molar-refractivity contribution in [1.82, 2.24) is 0 Å². The number of hydrogen-bond acceptors (Lipinski definition) is 2. The third-order valence-corrected chi connectivity index (χ3v) is 4.44. The predicted octanol–water partition coefficient (Wildman–Crippen LogP) is 3.80. The lowest BCUT2D eigenvalue weighted by atomic mass is 9.78. The van der Waals surface area contributed by atoms with Gasteiger partial charge in [-0.05, 0) is 48.7 Å². The fraction of sp³-hybridized carbons (Fsp3) is 0.235. The molecule has 2 aromatic rings. The topological polar surface area (TPSA) is 38.3 Å². The van der Waals surface area contributed by atoms with E-state index in [2.05, 4.69) is 5.32 Å². The maximum absolute atomic E-state index is 12.5. The number of halogens is 1. The van der Waals surface area contributed by atoms with Crippen molar-refractivity contribution in [3.63, 3.8) is 0 Å². The first kappa shape index (κ1) is 14.0. The Morgan fingerprint density at radius 1 is 1.24 bits per heavy atom. The molecule has 0 aliphatic carbocycles. The molecule has 1 amide bonds. The second-order valence-electron chi connectivity index (χ2n) is 5.47. The highest BCUT2D eigenvalue weighted by Crippen LogP contribution is 2.42. The molecule has 0 aromatic heterocycles. The van der Waals surface area contributed by atoms with Crippen molar-refractivity contribution in [1.29, 1.82) is 0 Å². The van der Waals surface area contributed by atoms with E-state index < -0.39 is 5.41 Å². The Kier molecular flexibility index (Phi) is 3.38. The van der Waals surface area contributed by atoms with Gasteiger partial charge in [0.05, 0.1) is 12.5 Å². The summed E-state index contributed by atoms with van der Waals surface area (Å²) >= 11 is 6.24. The van der Waals surface area contributed by atoms with Crippen LogP contribution in [0.2, 0.25) is 5.02 Å². The monoisotopic (exact) mass is 301 g/mol. The number of nitrogens with one attached hydrogen (secondary N) is 1. The molecule has 1 unspecified atom stereocenters. The normalized spacial score (nSPS) is 20.0. The lowest BCUT2D eigenvalue weighted by molar-refractivity contribution is -0.120. The van der Waals surface area contributed by atoms with E-state index in [0.29, 0.717) is 11.4 Å². The van der Waals surface area contributed by atoms with Gasteiger partial charge in [0.15, 0.2) is 0 Å². The molecule has 0 fully saturated rings. The SMILES string of the molecule is COc1ccc2c(c1)C(C)(Cc1ccccc1Cl)C(=O)N2. The number of carbonyl (C=O) groups is 1. The van der Waals surface area contributed by atoms with Crippen LogP contribution < -0.4 is 10.1 Å². The zero-order valence-corrected chi connectivity index (χ0v) is 12.7. The lowest BCUT2D eigenvalue weighted by Crippen LogP contribution is -2.33. The largest absolute Gasteiger partial charge is 0.497 e. The highest BCUT2D eigenvalue weighted by Gasteiger charge is 2.43. The Hall–Kier alpha value is -2.00. The number of amides is 1. The average molecular weight is 302 g/mol. The molecule has 0 spiro atoms. The van der Waals surface area contributed by atoms with E-state index in [1.165, 1.54) is 0 Å². The van der Waals surface area contributed by atoms with Gasteiger partial charge in [-0.2, -0.15) is 0 Å². The summed E-state index contributed by atoms with van der Waals surface area (Å²) in [6, 6.07) is 13.3. The van der Waals surface area contributed by atoms with Crippen LogP contribution in [-0.2, 0) is 16.6 Å². The standard InChI is InChI=1S/C17H16ClNO2/c1-17(10-11-5-3-4-6-14(11)18)13-9-12(21-2)7-8-15(13)19-16(17)20/h3-9H,10H2,1-2H3,(H,19,20). The molecule has 0 saturated heterocycles. The number of ether oxygens (including phenoxy) is 1. The highest BCUT2D eigenvalue weighted by atomic mass is 35.5. The predicted molar refractivity (Wildman–Crippen MR) is 84.1 cm³/mol. The van der Waals surface area contributed by atoms with E-state index in [1.807, 2.05) is 49.4 Å². The third-order valence-electron chi connectivity index (χ3n) is 4.07. The molecule has 3 nitrogen and oxygen atoms in total. The molecule has 1 aliphatic rings. The first-order chi connectivity index (χ1) is 10.0. The van der Waals surface area contributed by atoms with E-state index in [1.54, 1.807) is 7.11 Å². The van der Waals surface area contributed by atoms with Crippen LogP contribution in [0.5, 0.6) is 5.75 Å². The van der Waals surface area contributed by atoms with E-state index in [4.69, 9.17) is 16.3 Å². The van der Waals surface area contributed by atoms with Gasteiger partial charge in [0.25, 0.3) is 0 Å². The summed E-state index contributed by atoms with van der Waals surface area (Å²) in [5.41, 5.74) is 2.11. The van der Waals surface area contributed by atoms with E-state index in [-0.39, 0.29) is 5.91 Å². The Balaban J connectivity index is 2.05. The molecule has 108 valence electrons. The summed E-state index contributed by atoms with van der Waals surface area (Å²) in [7, 11) is 1.62. The van der Waals surface area contributed by atoms with Gasteiger partial charge in [-0.3, -0.25) is 4.79 Å². The summed E-state index contributed by atoms with van der Waals surface area (Å²) in [6.07, 6.45) is 0.554. The first-order valence-corrected chi connectivity index (χ1v) is 7.16. The summed E-state index contributed by atoms with van der Waals surface area (Å²) in [6.45, 7) is 1.94. The molecule has 2 aromatic carbocycles. The van der Waals surface area contributed by atoms with E-state index >= 15 is 0 Å². The highest BCUT2D eigenvalue weighted by molar-refractivity contribution is 6.31. The van der Waals surface area contributed by atoms with Gasteiger partial charge in [-0.25, -0.2) is 0 Å². The quantitative estimate of drug-likeness (QED) is 0.936. The Bertz CT molecular complexity index is 714. The van der Waals surface area contributed by atoms with Gasteiger partial charge in [0.2, 0.25) is 5.91 Å². The number of methoxy groups -OCH3 is 1. The van der Waals surface area contributed by atoms with Gasteiger partial charge in [0.1, 0.15) is 5.75 Å². The maximum Gasteiger partial charge on any atom is 0.235 e. The second-order valence-corrected chi connectivity index (χ2v) is 5.87. The number of benzene rings is 2. The molecule has 0 radical (unpaired) electrons. The number of anilines is 1. The van der Waals surface area contributed by atoms with Crippen LogP contribution in [0.4, 0.5) is 5.69 Å². The van der Waals surface area contributed by atoms with Crippen molar-refractivity contribution in [2.75, 3.05) is 12.4 Å². The Morgan fingerprint density at radius 2 is 2.00 bits per heavy atom. The summed E-state index contributed by atoms with van der Waals surface area (Å²) in [5, 5.41) is 3.62. The van der Waals surface area contributed by atoms with Crippen LogP contribution >= 0.6 is 11.6 Å². The van der Waals surface area contributed by atoms with Crippen LogP contribution in [-0.4, -0.2) is 13.0 Å². The molecule has 21 heavy (non-hydrogen) atoms.